The van der Waals surface area contributed by atoms with Crippen molar-refractivity contribution in [2.75, 3.05) is 64.0 Å². The molecule has 3 aromatic carbocycles. The molecule has 0 radical (unpaired) electrons. The molecule has 56 heavy (non-hydrogen) atoms. The zero-order valence-electron chi connectivity index (χ0n) is 31.4. The summed E-state index contributed by atoms with van der Waals surface area (Å²) in [5, 5.41) is 17.6. The Kier molecular flexibility index (Phi) is 8.65. The SMILES string of the molecule is C#Cc1c(F)ccc2cc(O)cc(-c3c(F)c4nc(OCC5(CN6CCC(=CF)CC6)CC5)nc(N5C[C@H]6CC[C@@H](C5)N6CC5COC5)c4c4cn(C)nc34)c12. The fourth-order valence-electron chi connectivity index (χ4n) is 9.69. The molecule has 5 fully saturated rings. The van der Waals surface area contributed by atoms with Crippen LogP contribution in [0, 0.1) is 35.3 Å². The summed E-state index contributed by atoms with van der Waals surface area (Å²) in [7, 11) is 1.77. The summed E-state index contributed by atoms with van der Waals surface area (Å²) in [6, 6.07) is 6.40. The van der Waals surface area contributed by atoms with Gasteiger partial charge >= 0.3 is 6.01 Å². The number of hydrogen-bond donors (Lipinski definition) is 1. The number of piperidine rings is 1. The molecule has 290 valence electrons. The molecule has 6 heterocycles. The first-order valence-corrected chi connectivity index (χ1v) is 19.7. The fraction of sp³-hybridized carbons (Fsp3) is 0.465. The van der Waals surface area contributed by atoms with Crippen molar-refractivity contribution in [1.82, 2.24) is 29.5 Å². The lowest BCUT2D eigenvalue weighted by Gasteiger charge is -2.44. The third kappa shape index (κ3) is 6.04. The van der Waals surface area contributed by atoms with Gasteiger partial charge in [-0.05, 0) is 73.2 Å². The van der Waals surface area contributed by atoms with Gasteiger partial charge < -0.3 is 24.4 Å². The van der Waals surface area contributed by atoms with Crippen LogP contribution < -0.4 is 9.64 Å². The summed E-state index contributed by atoms with van der Waals surface area (Å²) in [4.78, 5) is 17.2. The number of likely N-dealkylation sites (tertiary alicyclic amines) is 1. The average Bonchev–Trinajstić information content (AvgIpc) is 3.77. The van der Waals surface area contributed by atoms with Crippen molar-refractivity contribution >= 4 is 38.4 Å². The number of benzene rings is 3. The number of phenols is 1. The van der Waals surface area contributed by atoms with Crippen molar-refractivity contribution in [3.05, 3.63) is 59.6 Å². The van der Waals surface area contributed by atoms with Crippen molar-refractivity contribution < 1.29 is 27.8 Å². The number of aromatic nitrogens is 4. The van der Waals surface area contributed by atoms with Gasteiger partial charge in [-0.1, -0.05) is 12.0 Å². The molecule has 1 N–H and O–H groups in total. The van der Waals surface area contributed by atoms with E-state index >= 15 is 8.78 Å². The monoisotopic (exact) mass is 763 g/mol. The number of anilines is 1. The lowest BCUT2D eigenvalue weighted by atomic mass is 9.91. The van der Waals surface area contributed by atoms with Crippen molar-refractivity contribution in [3.63, 3.8) is 0 Å². The predicted molar refractivity (Wildman–Crippen MR) is 208 cm³/mol. The first-order chi connectivity index (χ1) is 27.2. The van der Waals surface area contributed by atoms with Gasteiger partial charge in [0, 0.05) is 92.3 Å². The molecule has 4 aliphatic heterocycles. The maximum atomic E-state index is 17.8. The van der Waals surface area contributed by atoms with E-state index in [-0.39, 0.29) is 39.4 Å². The third-order valence-electron chi connectivity index (χ3n) is 12.9. The number of ether oxygens (including phenoxy) is 2. The van der Waals surface area contributed by atoms with Crippen LogP contribution >= 0.6 is 0 Å². The highest BCUT2D eigenvalue weighted by Gasteiger charge is 2.46. The number of hydrogen-bond acceptors (Lipinski definition) is 9. The van der Waals surface area contributed by atoms with Crippen LogP contribution in [0.4, 0.5) is 19.0 Å². The number of nitrogens with zero attached hydrogens (tertiary/aromatic N) is 7. The maximum Gasteiger partial charge on any atom is 0.319 e. The molecule has 1 aliphatic carbocycles. The van der Waals surface area contributed by atoms with Gasteiger partial charge in [0.25, 0.3) is 0 Å². The second kappa shape index (κ2) is 13.6. The molecular formula is C43H44F3N7O3. The zero-order valence-corrected chi connectivity index (χ0v) is 31.4. The summed E-state index contributed by atoms with van der Waals surface area (Å²) in [5.41, 5.74) is 1.40. The van der Waals surface area contributed by atoms with Gasteiger partial charge in [-0.25, -0.2) is 13.2 Å². The molecule has 10 rings (SSSR count). The van der Waals surface area contributed by atoms with Crippen LogP contribution in [0.15, 0.2) is 42.4 Å². The third-order valence-corrected chi connectivity index (χ3v) is 12.9. The summed E-state index contributed by atoms with van der Waals surface area (Å²) in [5.74, 6) is 2.17. The van der Waals surface area contributed by atoms with E-state index in [1.54, 1.807) is 11.7 Å². The molecule has 13 heteroatoms. The maximum absolute atomic E-state index is 17.8. The van der Waals surface area contributed by atoms with Gasteiger partial charge in [-0.15, -0.1) is 6.42 Å². The first-order valence-electron chi connectivity index (χ1n) is 19.7. The smallest absolute Gasteiger partial charge is 0.319 e. The van der Waals surface area contributed by atoms with Gasteiger partial charge in [0.05, 0.1) is 37.1 Å². The number of phenolic OH excluding ortho intramolecular Hbond substituents is 1. The first kappa shape index (κ1) is 35.5. The van der Waals surface area contributed by atoms with Crippen LogP contribution in [-0.2, 0) is 11.8 Å². The number of aryl methyl sites for hydroxylation is 1. The van der Waals surface area contributed by atoms with E-state index in [2.05, 4.69) is 20.6 Å². The van der Waals surface area contributed by atoms with Gasteiger partial charge in [-0.3, -0.25) is 9.58 Å². The molecule has 2 atom stereocenters. The van der Waals surface area contributed by atoms with Crippen molar-refractivity contribution in [3.8, 4) is 35.2 Å². The minimum Gasteiger partial charge on any atom is -0.508 e. The Hall–Kier alpha value is -4.90. The highest BCUT2D eigenvalue weighted by molar-refractivity contribution is 6.18. The van der Waals surface area contributed by atoms with Gasteiger partial charge in [0.15, 0.2) is 5.82 Å². The van der Waals surface area contributed by atoms with E-state index in [1.807, 2.05) is 6.20 Å². The molecule has 0 unspecified atom stereocenters. The van der Waals surface area contributed by atoms with E-state index in [0.717, 1.165) is 103 Å². The zero-order chi connectivity index (χ0) is 38.3. The quantitative estimate of drug-likeness (QED) is 0.165. The highest BCUT2D eigenvalue weighted by Crippen LogP contribution is 2.48. The van der Waals surface area contributed by atoms with Gasteiger partial charge in [0.2, 0.25) is 0 Å². The van der Waals surface area contributed by atoms with E-state index in [1.165, 1.54) is 24.3 Å². The molecular weight excluding hydrogens is 720 g/mol. The van der Waals surface area contributed by atoms with E-state index in [0.29, 0.717) is 57.5 Å². The summed E-state index contributed by atoms with van der Waals surface area (Å²) >= 11 is 0. The molecule has 2 bridgehead atoms. The van der Waals surface area contributed by atoms with Crippen LogP contribution in [0.3, 0.4) is 0 Å². The highest BCUT2D eigenvalue weighted by atomic mass is 19.1. The molecule has 0 amide bonds. The lowest BCUT2D eigenvalue weighted by Crippen LogP contribution is -2.56. The van der Waals surface area contributed by atoms with Crippen molar-refractivity contribution in [1.29, 1.82) is 0 Å². The molecule has 4 saturated heterocycles. The number of piperazine rings is 1. The van der Waals surface area contributed by atoms with Crippen LogP contribution in [0.5, 0.6) is 11.8 Å². The molecule has 0 spiro atoms. The fourth-order valence-corrected chi connectivity index (χ4v) is 9.69. The van der Waals surface area contributed by atoms with E-state index < -0.39 is 11.6 Å². The predicted octanol–water partition coefficient (Wildman–Crippen LogP) is 6.71. The van der Waals surface area contributed by atoms with Gasteiger partial charge in [0.1, 0.15) is 28.4 Å². The van der Waals surface area contributed by atoms with E-state index in [4.69, 9.17) is 31.0 Å². The normalized spacial score (nSPS) is 22.6. The van der Waals surface area contributed by atoms with Crippen molar-refractivity contribution in [2.45, 2.75) is 50.6 Å². The van der Waals surface area contributed by atoms with Crippen LogP contribution in [-0.4, -0.2) is 106 Å². The Bertz CT molecular complexity index is 2450. The molecule has 5 aromatic rings. The Morgan fingerprint density at radius 2 is 1.82 bits per heavy atom. The topological polar surface area (TPSA) is 92.0 Å². The molecule has 10 nitrogen and oxygen atoms in total. The Morgan fingerprint density at radius 3 is 2.50 bits per heavy atom. The second-order valence-corrected chi connectivity index (χ2v) is 16.7. The van der Waals surface area contributed by atoms with E-state index in [9.17, 15) is 9.50 Å². The molecule has 5 aliphatic rings. The number of halogens is 3. The van der Waals surface area contributed by atoms with Crippen LogP contribution in [0.2, 0.25) is 0 Å². The summed E-state index contributed by atoms with van der Waals surface area (Å²) in [6.45, 7) is 6.86. The Morgan fingerprint density at radius 1 is 1.05 bits per heavy atom. The minimum absolute atomic E-state index is 0.0318. The number of fused-ring (bicyclic) bond motifs is 6. The van der Waals surface area contributed by atoms with Crippen LogP contribution in [0.1, 0.15) is 44.1 Å². The average molecular weight is 764 g/mol. The standard InChI is InChI=1S/C43H44F3N7O3/c1-3-31-34(45)7-4-27-14-30(54)15-32(35(27)31)36-38(46)40-37(33-20-50(2)49-39(33)36)41(52-18-28-5-6-29(19-52)53(28)17-26-21-55-22-26)48-42(47-40)56-24-43(10-11-43)23-51-12-8-25(16-44)9-13-51/h1,4,7,14-16,20,26,28-29,54H,5-6,8-13,17-19,21-24H2,2H3/t28-,29+. The number of rotatable bonds is 9. The van der Waals surface area contributed by atoms with Gasteiger partial charge in [-0.2, -0.15) is 15.1 Å². The summed E-state index contributed by atoms with van der Waals surface area (Å²) in [6.07, 6.45) is 14.0. The number of terminal acetylenes is 1. The molecule has 2 aromatic heterocycles. The van der Waals surface area contributed by atoms with Crippen LogP contribution in [0.25, 0.3) is 43.7 Å². The number of aromatic hydroxyl groups is 1. The minimum atomic E-state index is -0.684. The summed E-state index contributed by atoms with van der Waals surface area (Å²) < 4.78 is 59.8. The Balaban J connectivity index is 1.10. The van der Waals surface area contributed by atoms with Crippen molar-refractivity contribution in [2.24, 2.45) is 18.4 Å². The lowest BCUT2D eigenvalue weighted by molar-refractivity contribution is -0.0538. The second-order valence-electron chi connectivity index (χ2n) is 16.7. The molecule has 1 saturated carbocycles. The largest absolute Gasteiger partial charge is 0.508 e. The Labute approximate surface area is 322 Å².